The fraction of sp³-hybridized carbons (Fsp3) is 0.476. The summed E-state index contributed by atoms with van der Waals surface area (Å²) in [7, 11) is 3.75. The van der Waals surface area contributed by atoms with Gasteiger partial charge in [0.2, 0.25) is 0 Å². The maximum atomic E-state index is 10.9. The van der Waals surface area contributed by atoms with Crippen molar-refractivity contribution in [2.75, 3.05) is 7.11 Å². The summed E-state index contributed by atoms with van der Waals surface area (Å²) < 4.78 is 9.91. The minimum absolute atomic E-state index is 0.109. The van der Waals surface area contributed by atoms with E-state index in [0.29, 0.717) is 6.42 Å². The number of carbonyl (C=O) groups is 1. The van der Waals surface area contributed by atoms with E-state index in [1.54, 1.807) is 0 Å². The Hall–Kier alpha value is -1.44. The van der Waals surface area contributed by atoms with Crippen molar-refractivity contribution in [3.05, 3.63) is 60.8 Å². The number of rotatable bonds is 14. The second-order valence-electron chi connectivity index (χ2n) is 5.49. The largest absolute Gasteiger partial charge is 0.469 e. The summed E-state index contributed by atoms with van der Waals surface area (Å²) in [4.78, 5) is 10.9. The Morgan fingerprint density at radius 3 is 2.40 bits per heavy atom. The highest BCUT2D eigenvalue weighted by molar-refractivity contribution is 7.09. The minimum Gasteiger partial charge on any atom is -0.469 e. The molecule has 0 aromatic rings. The Morgan fingerprint density at radius 1 is 1.00 bits per heavy atom. The summed E-state index contributed by atoms with van der Waals surface area (Å²) in [5.74, 6) is -0.137. The van der Waals surface area contributed by atoms with E-state index in [4.69, 9.17) is 4.52 Å². The summed E-state index contributed by atoms with van der Waals surface area (Å²) in [6.45, 7) is 2.13. The van der Waals surface area contributed by atoms with Crippen LogP contribution >= 0.6 is 9.47 Å². The van der Waals surface area contributed by atoms with Gasteiger partial charge >= 0.3 is 5.97 Å². The summed E-state index contributed by atoms with van der Waals surface area (Å²) in [5.41, 5.74) is 0. The molecular formula is C21H33O3P. The summed E-state index contributed by atoms with van der Waals surface area (Å²) in [6.07, 6.45) is 27.3. The molecule has 0 bridgehead atoms. The Labute approximate surface area is 155 Å². The van der Waals surface area contributed by atoms with Gasteiger partial charge in [-0.15, -0.1) is 0 Å². The molecule has 0 saturated carbocycles. The molecule has 0 radical (unpaired) electrons. The molecule has 0 rings (SSSR count). The molecule has 0 fully saturated rings. The van der Waals surface area contributed by atoms with Crippen molar-refractivity contribution in [1.82, 2.24) is 0 Å². The van der Waals surface area contributed by atoms with Crippen molar-refractivity contribution < 1.29 is 14.1 Å². The lowest BCUT2D eigenvalue weighted by Crippen LogP contribution is -2.00. The van der Waals surface area contributed by atoms with Crippen LogP contribution in [0.25, 0.3) is 0 Å². The first-order valence-electron chi connectivity index (χ1n) is 8.95. The lowest BCUT2D eigenvalue weighted by Gasteiger charge is -2.06. The van der Waals surface area contributed by atoms with Gasteiger partial charge in [0, 0.05) is 15.9 Å². The van der Waals surface area contributed by atoms with Crippen molar-refractivity contribution in [2.24, 2.45) is 0 Å². The normalized spacial score (nSPS) is 13.9. The molecule has 2 unspecified atom stereocenters. The van der Waals surface area contributed by atoms with Gasteiger partial charge in [0.05, 0.1) is 13.2 Å². The molecule has 140 valence electrons. The second kappa shape index (κ2) is 18.9. The van der Waals surface area contributed by atoms with Gasteiger partial charge in [0.15, 0.2) is 0 Å². The third-order valence-corrected chi connectivity index (χ3v) is 3.73. The maximum absolute atomic E-state index is 10.9. The third kappa shape index (κ3) is 17.2. The van der Waals surface area contributed by atoms with Gasteiger partial charge < -0.3 is 9.26 Å². The van der Waals surface area contributed by atoms with Gasteiger partial charge in [-0.1, -0.05) is 67.7 Å². The number of hydrogen-bond acceptors (Lipinski definition) is 3. The van der Waals surface area contributed by atoms with E-state index in [-0.39, 0.29) is 12.1 Å². The summed E-state index contributed by atoms with van der Waals surface area (Å²) in [6, 6.07) is 0. The standard InChI is InChI=1S/C21H33O3P/c1-3-4-14-17-20(24-25)18-15-12-10-8-6-5-7-9-11-13-16-19-21(22)23-2/h4-6,9-12,14-15,18,20H,3,7-8,13,16-17,19,25H2,1-2H3/b6-5-,11-9-,12-10-,14-4-,18-15+. The molecule has 0 amide bonds. The van der Waals surface area contributed by atoms with E-state index < -0.39 is 0 Å². The van der Waals surface area contributed by atoms with Crippen molar-refractivity contribution in [2.45, 2.75) is 58.0 Å². The smallest absolute Gasteiger partial charge is 0.305 e. The molecule has 4 heteroatoms. The van der Waals surface area contributed by atoms with E-state index in [9.17, 15) is 4.79 Å². The molecule has 3 nitrogen and oxygen atoms in total. The topological polar surface area (TPSA) is 35.5 Å². The van der Waals surface area contributed by atoms with Crippen LogP contribution in [0.4, 0.5) is 0 Å². The molecule has 0 aliphatic heterocycles. The zero-order chi connectivity index (χ0) is 18.6. The molecular weight excluding hydrogens is 331 g/mol. The first-order chi connectivity index (χ1) is 12.2. The third-order valence-electron chi connectivity index (χ3n) is 3.38. The SMILES string of the molecule is CC/C=C\CC(/C=C/C=C\C/C=C\C/C=C\CCCC(=O)OC)OP. The van der Waals surface area contributed by atoms with Crippen LogP contribution in [0.3, 0.4) is 0 Å². The van der Waals surface area contributed by atoms with Gasteiger partial charge in [-0.25, -0.2) is 0 Å². The Balaban J connectivity index is 3.75. The van der Waals surface area contributed by atoms with Gasteiger partial charge in [-0.3, -0.25) is 4.79 Å². The monoisotopic (exact) mass is 364 g/mol. The van der Waals surface area contributed by atoms with Gasteiger partial charge in [-0.05, 0) is 38.5 Å². The van der Waals surface area contributed by atoms with Crippen molar-refractivity contribution in [1.29, 1.82) is 0 Å². The Kier molecular flexibility index (Phi) is 17.8. The highest BCUT2D eigenvalue weighted by atomic mass is 31.0. The predicted octanol–water partition coefficient (Wildman–Crippen LogP) is 5.87. The van der Waals surface area contributed by atoms with Gasteiger partial charge in [0.1, 0.15) is 0 Å². The van der Waals surface area contributed by atoms with E-state index >= 15 is 0 Å². The Morgan fingerprint density at radius 2 is 1.72 bits per heavy atom. The average Bonchev–Trinajstić information content (AvgIpc) is 2.63. The van der Waals surface area contributed by atoms with E-state index in [0.717, 1.165) is 38.5 Å². The number of allylic oxidation sites excluding steroid dienone is 8. The van der Waals surface area contributed by atoms with E-state index in [1.807, 2.05) is 12.2 Å². The lowest BCUT2D eigenvalue weighted by molar-refractivity contribution is -0.140. The van der Waals surface area contributed by atoms with Crippen LogP contribution in [-0.4, -0.2) is 19.2 Å². The van der Waals surface area contributed by atoms with Crippen LogP contribution < -0.4 is 0 Å². The summed E-state index contributed by atoms with van der Waals surface area (Å²) in [5, 5.41) is 0. The first-order valence-corrected chi connectivity index (χ1v) is 9.42. The van der Waals surface area contributed by atoms with Crippen LogP contribution in [-0.2, 0) is 14.1 Å². The number of carbonyl (C=O) groups excluding carboxylic acids is 1. The second-order valence-corrected chi connectivity index (χ2v) is 5.76. The molecule has 0 N–H and O–H groups in total. The molecule has 0 aliphatic rings. The van der Waals surface area contributed by atoms with Crippen LogP contribution in [0.15, 0.2) is 60.8 Å². The fourth-order valence-corrected chi connectivity index (χ4v) is 2.15. The minimum atomic E-state index is -0.137. The van der Waals surface area contributed by atoms with E-state index in [2.05, 4.69) is 69.7 Å². The summed E-state index contributed by atoms with van der Waals surface area (Å²) >= 11 is 0. The van der Waals surface area contributed by atoms with Crippen LogP contribution in [0, 0.1) is 0 Å². The van der Waals surface area contributed by atoms with E-state index in [1.165, 1.54) is 7.11 Å². The predicted molar refractivity (Wildman–Crippen MR) is 110 cm³/mol. The van der Waals surface area contributed by atoms with Crippen molar-refractivity contribution >= 4 is 15.4 Å². The number of hydrogen-bond donors (Lipinski definition) is 0. The molecule has 0 saturated heterocycles. The number of methoxy groups -OCH3 is 1. The maximum Gasteiger partial charge on any atom is 0.305 e. The highest BCUT2D eigenvalue weighted by Crippen LogP contribution is 2.07. The zero-order valence-corrected chi connectivity index (χ0v) is 16.8. The molecule has 0 aromatic carbocycles. The molecule has 0 aliphatic carbocycles. The highest BCUT2D eigenvalue weighted by Gasteiger charge is 1.97. The van der Waals surface area contributed by atoms with Crippen molar-refractivity contribution in [3.8, 4) is 0 Å². The average molecular weight is 364 g/mol. The molecule has 0 spiro atoms. The van der Waals surface area contributed by atoms with Gasteiger partial charge in [0.25, 0.3) is 0 Å². The van der Waals surface area contributed by atoms with Crippen LogP contribution in [0.5, 0.6) is 0 Å². The van der Waals surface area contributed by atoms with Crippen LogP contribution in [0.1, 0.15) is 51.9 Å². The molecule has 2 atom stereocenters. The number of ether oxygens (including phenoxy) is 1. The lowest BCUT2D eigenvalue weighted by atomic mass is 10.2. The molecule has 0 heterocycles. The molecule has 25 heavy (non-hydrogen) atoms. The first kappa shape index (κ1) is 23.6. The Bertz CT molecular complexity index is 462. The van der Waals surface area contributed by atoms with Crippen molar-refractivity contribution in [3.63, 3.8) is 0 Å². The quantitative estimate of drug-likeness (QED) is 0.127. The number of esters is 1. The fourth-order valence-electron chi connectivity index (χ4n) is 1.95. The number of unbranched alkanes of at least 4 members (excludes halogenated alkanes) is 1. The van der Waals surface area contributed by atoms with Crippen LogP contribution in [0.2, 0.25) is 0 Å². The zero-order valence-electron chi connectivity index (χ0n) is 15.6. The van der Waals surface area contributed by atoms with Gasteiger partial charge in [-0.2, -0.15) is 0 Å². The molecule has 0 aromatic heterocycles.